The zero-order valence-corrected chi connectivity index (χ0v) is 17.7. The lowest BCUT2D eigenvalue weighted by atomic mass is 10.1. The van der Waals surface area contributed by atoms with Crippen molar-refractivity contribution in [3.8, 4) is 11.5 Å². The summed E-state index contributed by atoms with van der Waals surface area (Å²) in [6.07, 6.45) is 0. The zero-order valence-electron chi connectivity index (χ0n) is 16.2. The molecule has 0 unspecified atom stereocenters. The Bertz CT molecular complexity index is 973. The fourth-order valence-corrected chi connectivity index (χ4v) is 3.31. The van der Waals surface area contributed by atoms with Gasteiger partial charge in [0.15, 0.2) is 11.5 Å². The van der Waals surface area contributed by atoms with Crippen molar-refractivity contribution in [2.45, 2.75) is 27.0 Å². The van der Waals surface area contributed by atoms with E-state index in [0.717, 1.165) is 16.8 Å². The number of benzene rings is 3. The number of ether oxygens (including phenoxy) is 2. The number of methoxy groups -OCH3 is 1. The molecule has 0 amide bonds. The fourth-order valence-electron chi connectivity index (χ4n) is 2.84. The van der Waals surface area contributed by atoms with Crippen molar-refractivity contribution in [2.24, 2.45) is 0 Å². The minimum atomic E-state index is 0.315. The van der Waals surface area contributed by atoms with Gasteiger partial charge in [0, 0.05) is 22.8 Å². The van der Waals surface area contributed by atoms with Crippen LogP contribution in [0, 0.1) is 13.8 Å². The number of hydrogen-bond donors (Lipinski definition) is 1. The molecule has 3 aromatic rings. The molecule has 5 heteroatoms. The van der Waals surface area contributed by atoms with E-state index in [-0.39, 0.29) is 0 Å². The predicted molar refractivity (Wildman–Crippen MR) is 117 cm³/mol. The Labute approximate surface area is 176 Å². The van der Waals surface area contributed by atoms with E-state index in [0.29, 0.717) is 34.7 Å². The molecule has 0 atom stereocenters. The van der Waals surface area contributed by atoms with Crippen LogP contribution in [-0.2, 0) is 13.2 Å². The molecule has 3 aromatic carbocycles. The highest BCUT2D eigenvalue weighted by Crippen LogP contribution is 2.37. The lowest BCUT2D eigenvalue weighted by molar-refractivity contribution is 0.284. The highest BCUT2D eigenvalue weighted by molar-refractivity contribution is 6.32. The molecule has 0 aliphatic carbocycles. The summed E-state index contributed by atoms with van der Waals surface area (Å²) < 4.78 is 11.4. The average Bonchev–Trinajstić information content (AvgIpc) is 2.68. The summed E-state index contributed by atoms with van der Waals surface area (Å²) >= 11 is 12.7. The maximum absolute atomic E-state index is 6.48. The summed E-state index contributed by atoms with van der Waals surface area (Å²) in [6, 6.07) is 17.7. The molecule has 0 radical (unpaired) electrons. The molecule has 3 nitrogen and oxygen atoms in total. The second kappa shape index (κ2) is 9.22. The van der Waals surface area contributed by atoms with Gasteiger partial charge in [-0.15, -0.1) is 0 Å². The van der Waals surface area contributed by atoms with Crippen LogP contribution in [0.25, 0.3) is 0 Å². The average molecular weight is 416 g/mol. The van der Waals surface area contributed by atoms with E-state index in [1.807, 2.05) is 36.4 Å². The lowest BCUT2D eigenvalue weighted by Gasteiger charge is -2.15. The summed E-state index contributed by atoms with van der Waals surface area (Å²) in [4.78, 5) is 0. The molecule has 0 saturated carbocycles. The molecule has 0 aliphatic heterocycles. The molecule has 0 fully saturated rings. The first-order chi connectivity index (χ1) is 13.5. The first kappa shape index (κ1) is 20.4. The summed E-state index contributed by atoms with van der Waals surface area (Å²) in [5, 5.41) is 4.58. The molecule has 1 N–H and O–H groups in total. The van der Waals surface area contributed by atoms with Gasteiger partial charge in [-0.1, -0.05) is 47.5 Å². The van der Waals surface area contributed by atoms with E-state index in [9.17, 15) is 0 Å². The van der Waals surface area contributed by atoms with Gasteiger partial charge in [-0.2, -0.15) is 0 Å². The van der Waals surface area contributed by atoms with Gasteiger partial charge in [0.2, 0.25) is 0 Å². The zero-order chi connectivity index (χ0) is 20.1. The van der Waals surface area contributed by atoms with E-state index in [1.165, 1.54) is 11.1 Å². The van der Waals surface area contributed by atoms with E-state index >= 15 is 0 Å². The minimum absolute atomic E-state index is 0.315. The largest absolute Gasteiger partial charge is 0.493 e. The molecule has 0 heterocycles. The summed E-state index contributed by atoms with van der Waals surface area (Å²) in [5.74, 6) is 1.11. The van der Waals surface area contributed by atoms with Gasteiger partial charge in [0.05, 0.1) is 12.1 Å². The number of rotatable bonds is 7. The van der Waals surface area contributed by atoms with E-state index in [4.69, 9.17) is 32.7 Å². The normalized spacial score (nSPS) is 10.6. The molecule has 0 aliphatic rings. The van der Waals surface area contributed by atoms with Crippen LogP contribution in [0.2, 0.25) is 10.0 Å². The Hall–Kier alpha value is -2.36. The monoisotopic (exact) mass is 415 g/mol. The minimum Gasteiger partial charge on any atom is -0.493 e. The second-order valence-electron chi connectivity index (χ2n) is 6.64. The topological polar surface area (TPSA) is 30.5 Å². The molecule has 28 heavy (non-hydrogen) atoms. The van der Waals surface area contributed by atoms with Crippen molar-refractivity contribution < 1.29 is 9.47 Å². The predicted octanol–water partition coefficient (Wildman–Crippen LogP) is 6.81. The van der Waals surface area contributed by atoms with Crippen molar-refractivity contribution in [1.82, 2.24) is 0 Å². The quantitative estimate of drug-likeness (QED) is 0.459. The Morgan fingerprint density at radius 1 is 0.893 bits per heavy atom. The molecule has 0 saturated heterocycles. The second-order valence-corrected chi connectivity index (χ2v) is 7.46. The van der Waals surface area contributed by atoms with Crippen LogP contribution < -0.4 is 14.8 Å². The first-order valence-corrected chi connectivity index (χ1v) is 9.77. The SMILES string of the molecule is COc1cc(CNc2ccc(C)c(C)c2)cc(Cl)c1OCc1ccccc1Cl. The summed E-state index contributed by atoms with van der Waals surface area (Å²) in [6.45, 7) is 5.15. The first-order valence-electron chi connectivity index (χ1n) is 9.01. The van der Waals surface area contributed by atoms with Gasteiger partial charge in [-0.3, -0.25) is 0 Å². The number of anilines is 1. The van der Waals surface area contributed by atoms with Crippen LogP contribution in [0.5, 0.6) is 11.5 Å². The Kier molecular flexibility index (Phi) is 6.71. The van der Waals surface area contributed by atoms with Crippen molar-refractivity contribution in [1.29, 1.82) is 0 Å². The number of aryl methyl sites for hydroxylation is 2. The number of halogens is 2. The molecule has 0 bridgehead atoms. The van der Waals surface area contributed by atoms with Crippen LogP contribution in [0.3, 0.4) is 0 Å². The fraction of sp³-hybridized carbons (Fsp3) is 0.217. The molecular formula is C23H23Cl2NO2. The third kappa shape index (κ3) is 4.92. The lowest BCUT2D eigenvalue weighted by Crippen LogP contribution is -2.03. The molecule has 3 rings (SSSR count). The Morgan fingerprint density at radius 3 is 2.39 bits per heavy atom. The third-order valence-corrected chi connectivity index (χ3v) is 5.27. The van der Waals surface area contributed by atoms with Crippen molar-refractivity contribution in [3.05, 3.63) is 86.9 Å². The van der Waals surface area contributed by atoms with Gasteiger partial charge in [0.1, 0.15) is 6.61 Å². The van der Waals surface area contributed by atoms with E-state index in [1.54, 1.807) is 7.11 Å². The van der Waals surface area contributed by atoms with Gasteiger partial charge in [-0.25, -0.2) is 0 Å². The van der Waals surface area contributed by atoms with Gasteiger partial charge in [-0.05, 0) is 60.9 Å². The van der Waals surface area contributed by atoms with Crippen LogP contribution in [0.4, 0.5) is 5.69 Å². The van der Waals surface area contributed by atoms with Crippen LogP contribution >= 0.6 is 23.2 Å². The summed E-state index contributed by atoms with van der Waals surface area (Å²) in [5.41, 5.74) is 5.49. The number of nitrogens with one attached hydrogen (secondary N) is 1. The molecule has 146 valence electrons. The summed E-state index contributed by atoms with van der Waals surface area (Å²) in [7, 11) is 1.61. The standard InChI is InChI=1S/C23H23Cl2NO2/c1-15-8-9-19(10-16(15)2)26-13-17-11-21(25)23(22(12-17)27-3)28-14-18-6-4-5-7-20(18)24/h4-12,26H,13-14H2,1-3H3. The van der Waals surface area contributed by atoms with E-state index in [2.05, 4.69) is 37.4 Å². The van der Waals surface area contributed by atoms with Gasteiger partial charge < -0.3 is 14.8 Å². The molecular weight excluding hydrogens is 393 g/mol. The maximum Gasteiger partial charge on any atom is 0.180 e. The smallest absolute Gasteiger partial charge is 0.180 e. The maximum atomic E-state index is 6.48. The molecule has 0 spiro atoms. The van der Waals surface area contributed by atoms with Crippen molar-refractivity contribution >= 4 is 28.9 Å². The Morgan fingerprint density at radius 2 is 1.68 bits per heavy atom. The van der Waals surface area contributed by atoms with Crippen LogP contribution in [0.1, 0.15) is 22.3 Å². The van der Waals surface area contributed by atoms with Crippen LogP contribution in [-0.4, -0.2) is 7.11 Å². The highest BCUT2D eigenvalue weighted by atomic mass is 35.5. The van der Waals surface area contributed by atoms with Gasteiger partial charge >= 0.3 is 0 Å². The van der Waals surface area contributed by atoms with Crippen molar-refractivity contribution in [3.63, 3.8) is 0 Å². The highest BCUT2D eigenvalue weighted by Gasteiger charge is 2.13. The third-order valence-electron chi connectivity index (χ3n) is 4.62. The van der Waals surface area contributed by atoms with Gasteiger partial charge in [0.25, 0.3) is 0 Å². The van der Waals surface area contributed by atoms with Crippen LogP contribution in [0.15, 0.2) is 54.6 Å². The number of hydrogen-bond acceptors (Lipinski definition) is 3. The van der Waals surface area contributed by atoms with Crippen molar-refractivity contribution in [2.75, 3.05) is 12.4 Å². The molecule has 0 aromatic heterocycles. The Balaban J connectivity index is 1.73. The van der Waals surface area contributed by atoms with E-state index < -0.39 is 0 Å².